The molecule has 1 unspecified atom stereocenters. The number of hydrogen-bond donors (Lipinski definition) is 1. The van der Waals surface area contributed by atoms with Crippen LogP contribution in [-0.4, -0.2) is 30.4 Å². The second kappa shape index (κ2) is 6.20. The van der Waals surface area contributed by atoms with Crippen LogP contribution < -0.4 is 0 Å². The summed E-state index contributed by atoms with van der Waals surface area (Å²) in [7, 11) is -3.85. The molecule has 112 valence electrons. The Kier molecular flexibility index (Phi) is 4.78. The van der Waals surface area contributed by atoms with Gasteiger partial charge in [-0.1, -0.05) is 18.9 Å². The van der Waals surface area contributed by atoms with E-state index < -0.39 is 15.8 Å². The van der Waals surface area contributed by atoms with E-state index in [1.165, 1.54) is 16.4 Å². The van der Waals surface area contributed by atoms with Crippen molar-refractivity contribution in [2.24, 2.45) is 0 Å². The van der Waals surface area contributed by atoms with Crippen LogP contribution in [-0.2, 0) is 16.6 Å². The molecule has 20 heavy (non-hydrogen) atoms. The lowest BCUT2D eigenvalue weighted by Crippen LogP contribution is -2.38. The summed E-state index contributed by atoms with van der Waals surface area (Å²) in [6, 6.07) is 3.59. The Labute approximate surface area is 119 Å². The average Bonchev–Trinajstić information content (AvgIpc) is 2.64. The molecule has 1 fully saturated rings. The summed E-state index contributed by atoms with van der Waals surface area (Å²) in [6.45, 7) is 1.97. The number of aliphatic hydroxyl groups excluding tert-OH is 1. The van der Waals surface area contributed by atoms with E-state index in [0.717, 1.165) is 31.7 Å². The fraction of sp³-hybridized carbons (Fsp3) is 0.571. The topological polar surface area (TPSA) is 57.6 Å². The fourth-order valence-electron chi connectivity index (χ4n) is 2.58. The van der Waals surface area contributed by atoms with Crippen LogP contribution in [0.4, 0.5) is 4.39 Å². The predicted molar refractivity (Wildman–Crippen MR) is 74.1 cm³/mol. The van der Waals surface area contributed by atoms with Crippen molar-refractivity contribution in [2.45, 2.75) is 50.2 Å². The van der Waals surface area contributed by atoms with Crippen molar-refractivity contribution >= 4 is 10.0 Å². The number of nitrogens with zero attached hydrogens (tertiary/aromatic N) is 1. The first kappa shape index (κ1) is 15.4. The number of halogens is 1. The molecular formula is C14H20FNO3S. The van der Waals surface area contributed by atoms with Crippen LogP contribution in [0.5, 0.6) is 0 Å². The van der Waals surface area contributed by atoms with Gasteiger partial charge in [-0.3, -0.25) is 0 Å². The van der Waals surface area contributed by atoms with Gasteiger partial charge in [-0.25, -0.2) is 12.8 Å². The summed E-state index contributed by atoms with van der Waals surface area (Å²) in [5.41, 5.74) is 0.396. The first-order valence-electron chi connectivity index (χ1n) is 6.88. The van der Waals surface area contributed by atoms with Crippen LogP contribution >= 0.6 is 0 Å². The molecule has 0 bridgehead atoms. The van der Waals surface area contributed by atoms with Gasteiger partial charge < -0.3 is 5.11 Å². The molecule has 1 aliphatic heterocycles. The molecule has 0 aliphatic carbocycles. The maximum Gasteiger partial charge on any atom is 0.246 e. The van der Waals surface area contributed by atoms with Crippen LogP contribution in [0.1, 0.15) is 38.2 Å². The van der Waals surface area contributed by atoms with Crippen molar-refractivity contribution in [1.82, 2.24) is 4.31 Å². The first-order valence-corrected chi connectivity index (χ1v) is 8.32. The van der Waals surface area contributed by atoms with E-state index in [1.54, 1.807) is 0 Å². The summed E-state index contributed by atoms with van der Waals surface area (Å²) in [5.74, 6) is -0.765. The van der Waals surface area contributed by atoms with Crippen LogP contribution in [0.3, 0.4) is 0 Å². The predicted octanol–water partition coefficient (Wildman–Crippen LogP) is 2.27. The minimum absolute atomic E-state index is 0.125. The highest BCUT2D eigenvalue weighted by atomic mass is 32.2. The van der Waals surface area contributed by atoms with Gasteiger partial charge in [0.2, 0.25) is 10.0 Å². The highest BCUT2D eigenvalue weighted by molar-refractivity contribution is 7.89. The fourth-order valence-corrected chi connectivity index (χ4v) is 4.39. The van der Waals surface area contributed by atoms with E-state index in [-0.39, 0.29) is 17.5 Å². The lowest BCUT2D eigenvalue weighted by molar-refractivity contribution is 0.281. The van der Waals surface area contributed by atoms with Crippen molar-refractivity contribution in [2.75, 3.05) is 6.54 Å². The van der Waals surface area contributed by atoms with Crippen molar-refractivity contribution in [3.8, 4) is 0 Å². The Morgan fingerprint density at radius 2 is 2.10 bits per heavy atom. The Balaban J connectivity index is 2.43. The third-order valence-corrected chi connectivity index (χ3v) is 5.79. The van der Waals surface area contributed by atoms with Gasteiger partial charge in [-0.15, -0.1) is 0 Å². The van der Waals surface area contributed by atoms with Gasteiger partial charge in [0.25, 0.3) is 0 Å². The summed E-state index contributed by atoms with van der Waals surface area (Å²) in [4.78, 5) is -0.335. The Hall–Kier alpha value is -0.980. The molecule has 0 amide bonds. The summed E-state index contributed by atoms with van der Waals surface area (Å²) in [6.07, 6.45) is 3.58. The van der Waals surface area contributed by atoms with Gasteiger partial charge in [-0.2, -0.15) is 4.31 Å². The number of sulfonamides is 1. The molecule has 1 aromatic rings. The molecular weight excluding hydrogens is 281 g/mol. The van der Waals surface area contributed by atoms with Crippen LogP contribution in [0.15, 0.2) is 23.1 Å². The molecule has 1 aliphatic rings. The Morgan fingerprint density at radius 3 is 2.80 bits per heavy atom. The third kappa shape index (κ3) is 3.02. The quantitative estimate of drug-likeness (QED) is 0.932. The van der Waals surface area contributed by atoms with E-state index in [9.17, 15) is 12.8 Å². The second-order valence-corrected chi connectivity index (χ2v) is 7.10. The molecule has 1 heterocycles. The summed E-state index contributed by atoms with van der Waals surface area (Å²) in [5, 5.41) is 9.10. The van der Waals surface area contributed by atoms with E-state index in [1.807, 2.05) is 6.92 Å². The van der Waals surface area contributed by atoms with Crippen LogP contribution in [0.2, 0.25) is 0 Å². The molecule has 1 N–H and O–H groups in total. The maximum absolute atomic E-state index is 13.9. The van der Waals surface area contributed by atoms with E-state index >= 15 is 0 Å². The van der Waals surface area contributed by atoms with Crippen molar-refractivity contribution in [3.63, 3.8) is 0 Å². The smallest absolute Gasteiger partial charge is 0.246 e. The highest BCUT2D eigenvalue weighted by Crippen LogP contribution is 2.26. The normalized spacial score (nSPS) is 21.6. The Bertz CT molecular complexity index is 574. The van der Waals surface area contributed by atoms with Crippen molar-refractivity contribution in [3.05, 3.63) is 29.6 Å². The molecule has 2 rings (SSSR count). The minimum atomic E-state index is -3.85. The zero-order valence-corrected chi connectivity index (χ0v) is 12.4. The highest BCUT2D eigenvalue weighted by Gasteiger charge is 2.32. The van der Waals surface area contributed by atoms with Gasteiger partial charge in [0.05, 0.1) is 6.61 Å². The molecule has 0 radical (unpaired) electrons. The monoisotopic (exact) mass is 301 g/mol. The first-order chi connectivity index (χ1) is 9.46. The summed E-state index contributed by atoms with van der Waals surface area (Å²) < 4.78 is 40.6. The standard InChI is InChI=1S/C14H20FNO3S/c1-11-5-3-2-4-8-16(11)20(18,19)14-9-12(10-17)6-7-13(14)15/h6-7,9,11,17H,2-5,8,10H2,1H3. The molecule has 4 nitrogen and oxygen atoms in total. The zero-order chi connectivity index (χ0) is 14.8. The van der Waals surface area contributed by atoms with Gasteiger partial charge >= 0.3 is 0 Å². The molecule has 1 atom stereocenters. The average molecular weight is 301 g/mol. The van der Waals surface area contributed by atoms with Crippen LogP contribution in [0.25, 0.3) is 0 Å². The SMILES string of the molecule is CC1CCCCCN1S(=O)(=O)c1cc(CO)ccc1F. The molecule has 0 saturated carbocycles. The number of aliphatic hydroxyl groups is 1. The van der Waals surface area contributed by atoms with Crippen molar-refractivity contribution < 1.29 is 17.9 Å². The van der Waals surface area contributed by atoms with E-state index in [4.69, 9.17) is 5.11 Å². The van der Waals surface area contributed by atoms with Gasteiger partial charge in [0.15, 0.2) is 0 Å². The summed E-state index contributed by atoms with van der Waals surface area (Å²) >= 11 is 0. The van der Waals surface area contributed by atoms with Crippen LogP contribution in [0, 0.1) is 5.82 Å². The number of benzene rings is 1. The second-order valence-electron chi connectivity index (χ2n) is 5.24. The number of rotatable bonds is 3. The van der Waals surface area contributed by atoms with Gasteiger partial charge in [0.1, 0.15) is 10.7 Å². The maximum atomic E-state index is 13.9. The molecule has 1 saturated heterocycles. The lowest BCUT2D eigenvalue weighted by atomic mass is 10.1. The van der Waals surface area contributed by atoms with Gasteiger partial charge in [-0.05, 0) is 37.5 Å². The third-order valence-electron chi connectivity index (χ3n) is 3.76. The molecule has 0 spiro atoms. The van der Waals surface area contributed by atoms with Crippen molar-refractivity contribution in [1.29, 1.82) is 0 Å². The number of hydrogen-bond acceptors (Lipinski definition) is 3. The largest absolute Gasteiger partial charge is 0.392 e. The van der Waals surface area contributed by atoms with E-state index in [2.05, 4.69) is 0 Å². The zero-order valence-electron chi connectivity index (χ0n) is 11.5. The molecule has 1 aromatic carbocycles. The van der Waals surface area contributed by atoms with E-state index in [0.29, 0.717) is 12.1 Å². The van der Waals surface area contributed by atoms with Gasteiger partial charge in [0, 0.05) is 12.6 Å². The Morgan fingerprint density at radius 1 is 1.35 bits per heavy atom. The minimum Gasteiger partial charge on any atom is -0.392 e. The molecule has 6 heteroatoms. The molecule has 0 aromatic heterocycles. The lowest BCUT2D eigenvalue weighted by Gasteiger charge is -2.26.